The standard InChI is InChI=1S/C14H16N2O/c1-3-11-4-6-12(7-5-11)14(17)13-8-9-15-10(2)16-13/h4-9,14,17H,3H2,1-2H3. The fraction of sp³-hybridized carbons (Fsp3) is 0.286. The van der Waals surface area contributed by atoms with Crippen molar-refractivity contribution in [2.24, 2.45) is 0 Å². The monoisotopic (exact) mass is 228 g/mol. The molecule has 0 aliphatic carbocycles. The van der Waals surface area contributed by atoms with Gasteiger partial charge in [0.15, 0.2) is 0 Å². The Morgan fingerprint density at radius 2 is 1.88 bits per heavy atom. The summed E-state index contributed by atoms with van der Waals surface area (Å²) in [5.41, 5.74) is 2.77. The summed E-state index contributed by atoms with van der Waals surface area (Å²) in [6.45, 7) is 3.93. The van der Waals surface area contributed by atoms with Gasteiger partial charge in [-0.05, 0) is 30.5 Å². The predicted molar refractivity (Wildman–Crippen MR) is 66.7 cm³/mol. The molecule has 0 saturated carbocycles. The topological polar surface area (TPSA) is 46.0 Å². The maximum Gasteiger partial charge on any atom is 0.125 e. The normalized spacial score (nSPS) is 12.4. The van der Waals surface area contributed by atoms with Crippen molar-refractivity contribution < 1.29 is 5.11 Å². The van der Waals surface area contributed by atoms with Crippen LogP contribution in [0.5, 0.6) is 0 Å². The second kappa shape index (κ2) is 5.06. The minimum Gasteiger partial charge on any atom is -0.382 e. The zero-order chi connectivity index (χ0) is 12.3. The summed E-state index contributed by atoms with van der Waals surface area (Å²) in [5.74, 6) is 0.673. The van der Waals surface area contributed by atoms with E-state index in [-0.39, 0.29) is 0 Å². The predicted octanol–water partition coefficient (Wildman–Crippen LogP) is 2.43. The minimum absolute atomic E-state index is 0.641. The maximum atomic E-state index is 10.2. The van der Waals surface area contributed by atoms with Crippen LogP contribution in [0.1, 0.15) is 35.7 Å². The van der Waals surface area contributed by atoms with E-state index in [1.54, 1.807) is 12.3 Å². The van der Waals surface area contributed by atoms with Crippen LogP contribution in [0.25, 0.3) is 0 Å². The zero-order valence-corrected chi connectivity index (χ0v) is 10.1. The number of hydrogen-bond acceptors (Lipinski definition) is 3. The summed E-state index contributed by atoms with van der Waals surface area (Å²) < 4.78 is 0. The molecule has 1 atom stereocenters. The van der Waals surface area contributed by atoms with E-state index in [1.807, 2.05) is 31.2 Å². The molecule has 17 heavy (non-hydrogen) atoms. The largest absolute Gasteiger partial charge is 0.382 e. The van der Waals surface area contributed by atoms with Crippen LogP contribution < -0.4 is 0 Å². The van der Waals surface area contributed by atoms with Crippen molar-refractivity contribution in [3.63, 3.8) is 0 Å². The van der Waals surface area contributed by atoms with E-state index in [2.05, 4.69) is 16.9 Å². The van der Waals surface area contributed by atoms with Crippen LogP contribution in [0.15, 0.2) is 36.5 Å². The Hall–Kier alpha value is -1.74. The first kappa shape index (κ1) is 11.7. The summed E-state index contributed by atoms with van der Waals surface area (Å²) in [4.78, 5) is 8.25. The molecule has 2 aromatic rings. The van der Waals surface area contributed by atoms with E-state index >= 15 is 0 Å². The molecule has 0 amide bonds. The summed E-state index contributed by atoms with van der Waals surface area (Å²) in [6.07, 6.45) is 1.99. The quantitative estimate of drug-likeness (QED) is 0.877. The smallest absolute Gasteiger partial charge is 0.125 e. The third kappa shape index (κ3) is 2.68. The lowest BCUT2D eigenvalue weighted by molar-refractivity contribution is 0.215. The molecule has 0 spiro atoms. The van der Waals surface area contributed by atoms with Crippen molar-refractivity contribution >= 4 is 0 Å². The number of aromatic nitrogens is 2. The number of benzene rings is 1. The molecule has 1 aromatic heterocycles. The highest BCUT2D eigenvalue weighted by Gasteiger charge is 2.11. The van der Waals surface area contributed by atoms with Gasteiger partial charge in [-0.25, -0.2) is 9.97 Å². The average Bonchev–Trinajstić information content (AvgIpc) is 2.38. The molecule has 0 aliphatic heterocycles. The third-order valence-electron chi connectivity index (χ3n) is 2.78. The van der Waals surface area contributed by atoms with Crippen LogP contribution >= 0.6 is 0 Å². The van der Waals surface area contributed by atoms with Gasteiger partial charge in [0.1, 0.15) is 11.9 Å². The van der Waals surface area contributed by atoms with E-state index in [4.69, 9.17) is 0 Å². The number of aliphatic hydroxyl groups is 1. The highest BCUT2D eigenvalue weighted by molar-refractivity contribution is 5.28. The molecule has 1 heterocycles. The third-order valence-corrected chi connectivity index (χ3v) is 2.78. The van der Waals surface area contributed by atoms with Gasteiger partial charge >= 0.3 is 0 Å². The molecule has 0 fully saturated rings. The van der Waals surface area contributed by atoms with E-state index < -0.39 is 6.10 Å². The van der Waals surface area contributed by atoms with Crippen molar-refractivity contribution in [1.82, 2.24) is 9.97 Å². The SMILES string of the molecule is CCc1ccc(C(O)c2ccnc(C)n2)cc1. The summed E-state index contributed by atoms with van der Waals surface area (Å²) in [7, 11) is 0. The van der Waals surface area contributed by atoms with Gasteiger partial charge in [0.25, 0.3) is 0 Å². The van der Waals surface area contributed by atoms with Crippen LogP contribution in [0, 0.1) is 6.92 Å². The summed E-state index contributed by atoms with van der Waals surface area (Å²) >= 11 is 0. The van der Waals surface area contributed by atoms with Crippen LogP contribution in [-0.2, 0) is 6.42 Å². The van der Waals surface area contributed by atoms with Crippen molar-refractivity contribution in [3.8, 4) is 0 Å². The first-order valence-corrected chi connectivity index (χ1v) is 5.77. The van der Waals surface area contributed by atoms with E-state index in [0.29, 0.717) is 11.5 Å². The van der Waals surface area contributed by atoms with Crippen LogP contribution in [0.3, 0.4) is 0 Å². The Bertz CT molecular complexity index is 494. The van der Waals surface area contributed by atoms with Gasteiger partial charge in [-0.2, -0.15) is 0 Å². The van der Waals surface area contributed by atoms with Crippen molar-refractivity contribution in [2.75, 3.05) is 0 Å². The Labute approximate surface area is 101 Å². The van der Waals surface area contributed by atoms with Crippen LogP contribution in [-0.4, -0.2) is 15.1 Å². The molecular weight excluding hydrogens is 212 g/mol. The molecule has 3 heteroatoms. The molecule has 88 valence electrons. The highest BCUT2D eigenvalue weighted by Crippen LogP contribution is 2.20. The Balaban J connectivity index is 2.27. The maximum absolute atomic E-state index is 10.2. The number of nitrogens with zero attached hydrogens (tertiary/aromatic N) is 2. The second-order valence-electron chi connectivity index (χ2n) is 4.03. The fourth-order valence-electron chi connectivity index (χ4n) is 1.73. The first-order chi connectivity index (χ1) is 8.20. The molecule has 2 rings (SSSR count). The lowest BCUT2D eigenvalue weighted by Crippen LogP contribution is -2.04. The number of hydrogen-bond donors (Lipinski definition) is 1. The van der Waals surface area contributed by atoms with Gasteiger partial charge in [-0.15, -0.1) is 0 Å². The van der Waals surface area contributed by atoms with Crippen molar-refractivity contribution in [2.45, 2.75) is 26.4 Å². The van der Waals surface area contributed by atoms with Gasteiger partial charge in [0.2, 0.25) is 0 Å². The highest BCUT2D eigenvalue weighted by atomic mass is 16.3. The molecule has 1 N–H and O–H groups in total. The molecule has 1 aromatic carbocycles. The van der Waals surface area contributed by atoms with Gasteiger partial charge in [0, 0.05) is 6.20 Å². The first-order valence-electron chi connectivity index (χ1n) is 5.77. The van der Waals surface area contributed by atoms with Crippen LogP contribution in [0.4, 0.5) is 0 Å². The summed E-state index contributed by atoms with van der Waals surface area (Å²) in [6, 6.07) is 9.70. The van der Waals surface area contributed by atoms with Crippen molar-refractivity contribution in [3.05, 3.63) is 59.2 Å². The summed E-state index contributed by atoms with van der Waals surface area (Å²) in [5, 5.41) is 10.2. The lowest BCUT2D eigenvalue weighted by atomic mass is 10.0. The second-order valence-corrected chi connectivity index (χ2v) is 4.03. The van der Waals surface area contributed by atoms with Gasteiger partial charge in [-0.3, -0.25) is 0 Å². The fourth-order valence-corrected chi connectivity index (χ4v) is 1.73. The molecule has 0 saturated heterocycles. The molecule has 0 radical (unpaired) electrons. The molecule has 1 unspecified atom stereocenters. The average molecular weight is 228 g/mol. The van der Waals surface area contributed by atoms with Crippen LogP contribution in [0.2, 0.25) is 0 Å². The van der Waals surface area contributed by atoms with Gasteiger partial charge in [-0.1, -0.05) is 31.2 Å². The Morgan fingerprint density at radius 3 is 2.47 bits per heavy atom. The van der Waals surface area contributed by atoms with E-state index in [0.717, 1.165) is 12.0 Å². The van der Waals surface area contributed by atoms with Gasteiger partial charge in [0.05, 0.1) is 5.69 Å². The van der Waals surface area contributed by atoms with Gasteiger partial charge < -0.3 is 5.11 Å². The Kier molecular flexibility index (Phi) is 3.49. The molecule has 3 nitrogen and oxygen atoms in total. The Morgan fingerprint density at radius 1 is 1.18 bits per heavy atom. The van der Waals surface area contributed by atoms with Crippen molar-refractivity contribution in [1.29, 1.82) is 0 Å². The minimum atomic E-state index is -0.678. The molecule has 0 bridgehead atoms. The molecular formula is C14H16N2O. The number of aryl methyl sites for hydroxylation is 2. The van der Waals surface area contributed by atoms with E-state index in [9.17, 15) is 5.11 Å². The zero-order valence-electron chi connectivity index (χ0n) is 10.1. The number of aliphatic hydroxyl groups excluding tert-OH is 1. The lowest BCUT2D eigenvalue weighted by Gasteiger charge is -2.11. The van der Waals surface area contributed by atoms with E-state index in [1.165, 1.54) is 5.56 Å². The number of rotatable bonds is 3. The molecule has 0 aliphatic rings.